The van der Waals surface area contributed by atoms with Gasteiger partial charge in [0.1, 0.15) is 24.8 Å². The molecule has 114 valence electrons. The Morgan fingerprint density at radius 1 is 1.32 bits per heavy atom. The number of ether oxygens (including phenoxy) is 2. The van der Waals surface area contributed by atoms with Crippen LogP contribution in [0.25, 0.3) is 0 Å². The minimum atomic E-state index is -0.518. The number of hydrogen-bond acceptors (Lipinski definition) is 3. The van der Waals surface area contributed by atoms with Gasteiger partial charge in [-0.05, 0) is 27.6 Å². The zero-order valence-electron chi connectivity index (χ0n) is 11.6. The fourth-order valence-electron chi connectivity index (χ4n) is 2.20. The SMILES string of the molecule is O=C(OCc1ccccc1)N1CCOc2cc(Br)c(F)cc21. The summed E-state index contributed by atoms with van der Waals surface area (Å²) in [6, 6.07) is 12.2. The maximum atomic E-state index is 13.7. The summed E-state index contributed by atoms with van der Waals surface area (Å²) < 4.78 is 24.8. The Kier molecular flexibility index (Phi) is 4.29. The highest BCUT2D eigenvalue weighted by atomic mass is 79.9. The molecule has 22 heavy (non-hydrogen) atoms. The first-order valence-electron chi connectivity index (χ1n) is 6.75. The summed E-state index contributed by atoms with van der Waals surface area (Å²) >= 11 is 3.10. The number of halogens is 2. The van der Waals surface area contributed by atoms with E-state index < -0.39 is 11.9 Å². The maximum absolute atomic E-state index is 13.7. The standard InChI is InChI=1S/C16H13BrFNO3/c17-12-8-15-14(9-13(12)18)19(6-7-21-15)16(20)22-10-11-4-2-1-3-5-11/h1-5,8-9H,6-7,10H2. The second-order valence-corrected chi connectivity index (χ2v) is 5.63. The van der Waals surface area contributed by atoms with Crippen molar-refractivity contribution in [2.75, 3.05) is 18.1 Å². The summed E-state index contributed by atoms with van der Waals surface area (Å²) in [5, 5.41) is 0. The molecule has 0 spiro atoms. The van der Waals surface area contributed by atoms with Gasteiger partial charge in [-0.15, -0.1) is 0 Å². The molecule has 0 fully saturated rings. The van der Waals surface area contributed by atoms with Crippen molar-refractivity contribution >= 4 is 27.7 Å². The van der Waals surface area contributed by atoms with Crippen molar-refractivity contribution in [3.8, 4) is 5.75 Å². The lowest BCUT2D eigenvalue weighted by Crippen LogP contribution is -2.38. The van der Waals surface area contributed by atoms with E-state index in [1.165, 1.54) is 17.0 Å². The molecule has 3 rings (SSSR count). The van der Waals surface area contributed by atoms with E-state index in [1.807, 2.05) is 30.3 Å². The summed E-state index contributed by atoms with van der Waals surface area (Å²) in [6.45, 7) is 0.832. The highest BCUT2D eigenvalue weighted by Crippen LogP contribution is 2.36. The number of amides is 1. The smallest absolute Gasteiger partial charge is 0.414 e. The van der Waals surface area contributed by atoms with E-state index in [4.69, 9.17) is 9.47 Å². The summed E-state index contributed by atoms with van der Waals surface area (Å²) in [7, 11) is 0. The molecule has 2 aromatic rings. The first-order chi connectivity index (χ1) is 10.6. The zero-order valence-corrected chi connectivity index (χ0v) is 13.2. The number of carbonyl (C=O) groups excluding carboxylic acids is 1. The van der Waals surface area contributed by atoms with Gasteiger partial charge in [-0.1, -0.05) is 30.3 Å². The lowest BCUT2D eigenvalue weighted by atomic mass is 10.2. The van der Waals surface area contributed by atoms with E-state index in [0.717, 1.165) is 5.56 Å². The van der Waals surface area contributed by atoms with E-state index in [0.29, 0.717) is 29.1 Å². The molecule has 1 aliphatic heterocycles. The van der Waals surface area contributed by atoms with Crippen molar-refractivity contribution in [3.63, 3.8) is 0 Å². The van der Waals surface area contributed by atoms with Crippen LogP contribution in [0.2, 0.25) is 0 Å². The van der Waals surface area contributed by atoms with Crippen LogP contribution in [0.3, 0.4) is 0 Å². The quantitative estimate of drug-likeness (QED) is 0.803. The minimum absolute atomic E-state index is 0.172. The van der Waals surface area contributed by atoms with Crippen LogP contribution in [0, 0.1) is 5.82 Å². The third-order valence-electron chi connectivity index (χ3n) is 3.29. The predicted molar refractivity (Wildman–Crippen MR) is 83.6 cm³/mol. The van der Waals surface area contributed by atoms with Crippen LogP contribution in [-0.2, 0) is 11.3 Å². The lowest BCUT2D eigenvalue weighted by molar-refractivity contribution is 0.144. The topological polar surface area (TPSA) is 38.8 Å². The molecule has 0 radical (unpaired) electrons. The number of benzene rings is 2. The van der Waals surface area contributed by atoms with Gasteiger partial charge in [-0.3, -0.25) is 4.90 Å². The fraction of sp³-hybridized carbons (Fsp3) is 0.188. The maximum Gasteiger partial charge on any atom is 0.414 e. The van der Waals surface area contributed by atoms with Crippen LogP contribution >= 0.6 is 15.9 Å². The molecule has 6 heteroatoms. The van der Waals surface area contributed by atoms with Gasteiger partial charge in [-0.2, -0.15) is 0 Å². The van der Waals surface area contributed by atoms with Gasteiger partial charge in [0.05, 0.1) is 16.7 Å². The van der Waals surface area contributed by atoms with Crippen LogP contribution in [0.1, 0.15) is 5.56 Å². The van der Waals surface area contributed by atoms with Gasteiger partial charge in [0, 0.05) is 6.07 Å². The number of rotatable bonds is 2. The molecule has 1 heterocycles. The normalized spacial score (nSPS) is 13.3. The second kappa shape index (κ2) is 6.36. The number of carbonyl (C=O) groups is 1. The average molecular weight is 366 g/mol. The van der Waals surface area contributed by atoms with Crippen molar-refractivity contribution < 1.29 is 18.7 Å². The van der Waals surface area contributed by atoms with E-state index in [9.17, 15) is 9.18 Å². The molecule has 0 aromatic heterocycles. The Bertz CT molecular complexity index is 693. The Labute approximate surface area is 135 Å². The Morgan fingerprint density at radius 3 is 2.86 bits per heavy atom. The molecule has 4 nitrogen and oxygen atoms in total. The van der Waals surface area contributed by atoms with Gasteiger partial charge in [0.15, 0.2) is 0 Å². The highest BCUT2D eigenvalue weighted by Gasteiger charge is 2.26. The van der Waals surface area contributed by atoms with E-state index in [1.54, 1.807) is 0 Å². The van der Waals surface area contributed by atoms with Gasteiger partial charge in [0.2, 0.25) is 0 Å². The predicted octanol–water partition coefficient (Wildman–Crippen LogP) is 4.12. The molecular weight excluding hydrogens is 353 g/mol. The monoisotopic (exact) mass is 365 g/mol. The summed E-state index contributed by atoms with van der Waals surface area (Å²) in [6.07, 6.45) is -0.518. The molecule has 0 saturated heterocycles. The number of hydrogen-bond donors (Lipinski definition) is 0. The third kappa shape index (κ3) is 3.06. The number of anilines is 1. The zero-order chi connectivity index (χ0) is 15.5. The van der Waals surface area contributed by atoms with Gasteiger partial charge in [-0.25, -0.2) is 9.18 Å². The van der Waals surface area contributed by atoms with Crippen molar-refractivity contribution in [2.45, 2.75) is 6.61 Å². The lowest BCUT2D eigenvalue weighted by Gasteiger charge is -2.29. The van der Waals surface area contributed by atoms with Crippen LogP contribution in [0.4, 0.5) is 14.9 Å². The van der Waals surface area contributed by atoms with Crippen LogP contribution in [0.5, 0.6) is 5.75 Å². The average Bonchev–Trinajstić information content (AvgIpc) is 2.54. The molecule has 0 saturated carbocycles. The summed E-state index contributed by atoms with van der Waals surface area (Å²) in [5.74, 6) is 0.00120. The third-order valence-corrected chi connectivity index (χ3v) is 3.90. The van der Waals surface area contributed by atoms with Gasteiger partial charge >= 0.3 is 6.09 Å². The van der Waals surface area contributed by atoms with Crippen molar-refractivity contribution in [2.24, 2.45) is 0 Å². The minimum Gasteiger partial charge on any atom is -0.489 e. The summed E-state index contributed by atoms with van der Waals surface area (Å²) in [5.41, 5.74) is 1.27. The Hall–Kier alpha value is -2.08. The molecule has 0 aliphatic carbocycles. The Balaban J connectivity index is 1.76. The Morgan fingerprint density at radius 2 is 2.09 bits per heavy atom. The molecule has 0 bridgehead atoms. The number of fused-ring (bicyclic) bond motifs is 1. The first-order valence-corrected chi connectivity index (χ1v) is 7.54. The van der Waals surface area contributed by atoms with E-state index in [-0.39, 0.29) is 6.61 Å². The highest BCUT2D eigenvalue weighted by molar-refractivity contribution is 9.10. The molecule has 0 unspecified atom stereocenters. The van der Waals surface area contributed by atoms with Crippen LogP contribution in [-0.4, -0.2) is 19.2 Å². The van der Waals surface area contributed by atoms with Gasteiger partial charge < -0.3 is 9.47 Å². The van der Waals surface area contributed by atoms with Gasteiger partial charge in [0.25, 0.3) is 0 Å². The van der Waals surface area contributed by atoms with Crippen LogP contribution < -0.4 is 9.64 Å². The molecule has 2 aromatic carbocycles. The molecule has 0 N–H and O–H groups in total. The van der Waals surface area contributed by atoms with Crippen LogP contribution in [0.15, 0.2) is 46.9 Å². The van der Waals surface area contributed by atoms with Crippen molar-refractivity contribution in [1.82, 2.24) is 0 Å². The number of nitrogens with zero attached hydrogens (tertiary/aromatic N) is 1. The molecule has 1 aliphatic rings. The molecular formula is C16H13BrFNO3. The fourth-order valence-corrected chi connectivity index (χ4v) is 2.52. The van der Waals surface area contributed by atoms with Crippen molar-refractivity contribution in [3.05, 3.63) is 58.3 Å². The molecule has 1 amide bonds. The first kappa shape index (κ1) is 14.8. The van der Waals surface area contributed by atoms with E-state index >= 15 is 0 Å². The molecule has 0 atom stereocenters. The largest absolute Gasteiger partial charge is 0.489 e. The summed E-state index contributed by atoms with van der Waals surface area (Å²) in [4.78, 5) is 13.6. The second-order valence-electron chi connectivity index (χ2n) is 4.77. The van der Waals surface area contributed by atoms with Crippen molar-refractivity contribution in [1.29, 1.82) is 0 Å². The van der Waals surface area contributed by atoms with E-state index in [2.05, 4.69) is 15.9 Å².